The van der Waals surface area contributed by atoms with Gasteiger partial charge in [0.1, 0.15) is 0 Å². The molecule has 27 heavy (non-hydrogen) atoms. The van der Waals surface area contributed by atoms with Crippen molar-refractivity contribution in [1.82, 2.24) is 0 Å². The third-order valence-electron chi connectivity index (χ3n) is 7.16. The van der Waals surface area contributed by atoms with Crippen molar-refractivity contribution in [2.45, 2.75) is 131 Å². The maximum absolute atomic E-state index is 6.43. The van der Waals surface area contributed by atoms with Gasteiger partial charge in [0.2, 0.25) is 0 Å². The van der Waals surface area contributed by atoms with E-state index in [-0.39, 0.29) is 32.4 Å². The van der Waals surface area contributed by atoms with Crippen LogP contribution in [-0.4, -0.2) is 28.2 Å². The highest BCUT2D eigenvalue weighted by Gasteiger charge is 2.41. The monoisotopic (exact) mass is 402 g/mol. The van der Waals surface area contributed by atoms with Gasteiger partial charge < -0.3 is 9.47 Å². The second-order valence-corrected chi connectivity index (χ2v) is 13.5. The first-order valence-corrected chi connectivity index (χ1v) is 11.1. The predicted molar refractivity (Wildman–Crippen MR) is 124 cm³/mol. The van der Waals surface area contributed by atoms with Crippen molar-refractivity contribution in [2.24, 2.45) is 16.7 Å². The molecule has 0 aliphatic carbocycles. The minimum atomic E-state index is -0.319. The number of hydrogen-bond donors (Lipinski definition) is 1. The standard InChI is InChI=1S/C24H50O2S/c1-18(22(9,10)19(2,3)4)17-21(7,8)25-16-15-20(5,6)26-23(11,12)24(13,14)27/h18,27H,15-17H2,1-14H3. The third-order valence-corrected chi connectivity index (χ3v) is 7.70. The lowest BCUT2D eigenvalue weighted by atomic mass is 9.61. The minimum Gasteiger partial charge on any atom is -0.375 e. The zero-order valence-corrected chi connectivity index (χ0v) is 21.9. The van der Waals surface area contributed by atoms with E-state index in [2.05, 4.69) is 96.9 Å². The Hall–Kier alpha value is 0.270. The topological polar surface area (TPSA) is 18.5 Å². The van der Waals surface area contributed by atoms with Gasteiger partial charge in [0.15, 0.2) is 0 Å². The summed E-state index contributed by atoms with van der Waals surface area (Å²) in [5, 5.41) is 0. The molecule has 0 aromatic carbocycles. The van der Waals surface area contributed by atoms with Crippen molar-refractivity contribution in [2.75, 3.05) is 6.61 Å². The smallest absolute Gasteiger partial charge is 0.0771 e. The fourth-order valence-corrected chi connectivity index (χ4v) is 3.28. The Morgan fingerprint density at radius 1 is 0.741 bits per heavy atom. The molecule has 1 unspecified atom stereocenters. The molecule has 0 N–H and O–H groups in total. The highest BCUT2D eigenvalue weighted by atomic mass is 32.1. The summed E-state index contributed by atoms with van der Waals surface area (Å²) in [6.45, 7) is 32.0. The van der Waals surface area contributed by atoms with Crippen LogP contribution in [0.15, 0.2) is 0 Å². The summed E-state index contributed by atoms with van der Waals surface area (Å²) in [7, 11) is 0. The Bertz CT molecular complexity index is 462. The Morgan fingerprint density at radius 3 is 1.56 bits per heavy atom. The average molecular weight is 403 g/mol. The van der Waals surface area contributed by atoms with Crippen LogP contribution in [0.2, 0.25) is 0 Å². The summed E-state index contributed by atoms with van der Waals surface area (Å²) in [6.07, 6.45) is 1.91. The Labute approximate surface area is 177 Å². The van der Waals surface area contributed by atoms with Crippen molar-refractivity contribution in [3.63, 3.8) is 0 Å². The highest BCUT2D eigenvalue weighted by molar-refractivity contribution is 7.81. The molecular weight excluding hydrogens is 352 g/mol. The molecule has 0 aromatic heterocycles. The molecule has 0 amide bonds. The Kier molecular flexibility index (Phi) is 8.65. The van der Waals surface area contributed by atoms with Crippen molar-refractivity contribution >= 4 is 12.6 Å². The van der Waals surface area contributed by atoms with Gasteiger partial charge in [-0.1, -0.05) is 41.5 Å². The van der Waals surface area contributed by atoms with Crippen LogP contribution >= 0.6 is 12.6 Å². The van der Waals surface area contributed by atoms with Crippen LogP contribution in [0.3, 0.4) is 0 Å². The molecule has 0 heterocycles. The van der Waals surface area contributed by atoms with Gasteiger partial charge in [-0.25, -0.2) is 0 Å². The molecular formula is C24H50O2S. The normalized spacial score (nSPS) is 16.6. The van der Waals surface area contributed by atoms with Gasteiger partial charge in [-0.05, 0) is 85.0 Å². The van der Waals surface area contributed by atoms with E-state index in [1.807, 2.05) is 0 Å². The highest BCUT2D eigenvalue weighted by Crippen LogP contribution is 2.47. The minimum absolute atomic E-state index is 0.143. The molecule has 164 valence electrons. The molecule has 0 aliphatic rings. The van der Waals surface area contributed by atoms with E-state index in [0.717, 1.165) is 12.8 Å². The molecule has 0 spiro atoms. The summed E-state index contributed by atoms with van der Waals surface area (Å²) in [5.74, 6) is 0.570. The summed E-state index contributed by atoms with van der Waals surface area (Å²) >= 11 is 4.72. The quantitative estimate of drug-likeness (QED) is 0.380. The van der Waals surface area contributed by atoms with Crippen LogP contribution in [0.4, 0.5) is 0 Å². The lowest BCUT2D eigenvalue weighted by molar-refractivity contribution is -0.152. The molecule has 0 aliphatic heterocycles. The van der Waals surface area contributed by atoms with Gasteiger partial charge >= 0.3 is 0 Å². The van der Waals surface area contributed by atoms with Crippen molar-refractivity contribution in [3.05, 3.63) is 0 Å². The van der Waals surface area contributed by atoms with Gasteiger partial charge in [0.25, 0.3) is 0 Å². The van der Waals surface area contributed by atoms with E-state index in [4.69, 9.17) is 22.1 Å². The van der Waals surface area contributed by atoms with Crippen LogP contribution in [0.5, 0.6) is 0 Å². The predicted octanol–water partition coefficient (Wildman–Crippen LogP) is 7.55. The van der Waals surface area contributed by atoms with E-state index in [1.54, 1.807) is 0 Å². The second kappa shape index (κ2) is 8.56. The third kappa shape index (κ3) is 8.26. The lowest BCUT2D eigenvalue weighted by Crippen LogP contribution is -2.49. The Morgan fingerprint density at radius 2 is 1.19 bits per heavy atom. The molecule has 0 fully saturated rings. The first-order chi connectivity index (χ1) is 11.5. The summed E-state index contributed by atoms with van der Waals surface area (Å²) in [6, 6.07) is 0. The van der Waals surface area contributed by atoms with E-state index in [0.29, 0.717) is 12.5 Å². The molecule has 0 radical (unpaired) electrons. The number of thiol groups is 1. The fourth-order valence-electron chi connectivity index (χ4n) is 3.23. The molecule has 2 nitrogen and oxygen atoms in total. The van der Waals surface area contributed by atoms with Crippen LogP contribution in [0.25, 0.3) is 0 Å². The maximum atomic E-state index is 6.43. The molecule has 0 bridgehead atoms. The maximum Gasteiger partial charge on any atom is 0.0771 e. The van der Waals surface area contributed by atoms with Crippen molar-refractivity contribution in [1.29, 1.82) is 0 Å². The summed E-state index contributed by atoms with van der Waals surface area (Å²) in [5.41, 5.74) is -0.200. The van der Waals surface area contributed by atoms with Gasteiger partial charge in [0, 0.05) is 4.75 Å². The van der Waals surface area contributed by atoms with Crippen LogP contribution in [0.1, 0.15) is 110 Å². The van der Waals surface area contributed by atoms with Gasteiger partial charge in [-0.15, -0.1) is 0 Å². The van der Waals surface area contributed by atoms with E-state index >= 15 is 0 Å². The van der Waals surface area contributed by atoms with E-state index in [9.17, 15) is 0 Å². The van der Waals surface area contributed by atoms with Gasteiger partial charge in [-0.3, -0.25) is 0 Å². The first kappa shape index (κ1) is 27.3. The summed E-state index contributed by atoms with van der Waals surface area (Å²) in [4.78, 5) is 0. The molecule has 0 saturated carbocycles. The van der Waals surface area contributed by atoms with Crippen molar-refractivity contribution < 1.29 is 9.47 Å². The first-order valence-electron chi connectivity index (χ1n) is 10.6. The van der Waals surface area contributed by atoms with Crippen LogP contribution in [-0.2, 0) is 9.47 Å². The van der Waals surface area contributed by atoms with Crippen LogP contribution < -0.4 is 0 Å². The average Bonchev–Trinajstić information content (AvgIpc) is 2.32. The second-order valence-electron chi connectivity index (χ2n) is 12.4. The zero-order valence-electron chi connectivity index (χ0n) is 21.0. The van der Waals surface area contributed by atoms with Gasteiger partial charge in [-0.2, -0.15) is 12.6 Å². The van der Waals surface area contributed by atoms with Gasteiger partial charge in [0.05, 0.1) is 23.4 Å². The van der Waals surface area contributed by atoms with E-state index in [1.165, 1.54) is 0 Å². The molecule has 3 heteroatoms. The number of hydrogen-bond acceptors (Lipinski definition) is 3. The molecule has 0 saturated heterocycles. The molecule has 0 rings (SSSR count). The summed E-state index contributed by atoms with van der Waals surface area (Å²) < 4.78 is 12.6. The van der Waals surface area contributed by atoms with E-state index < -0.39 is 0 Å². The fraction of sp³-hybridized carbons (Fsp3) is 1.00. The van der Waals surface area contributed by atoms with Crippen LogP contribution in [0, 0.1) is 16.7 Å². The van der Waals surface area contributed by atoms with Crippen molar-refractivity contribution in [3.8, 4) is 0 Å². The molecule has 1 atom stereocenters. The SMILES string of the molecule is CC(CC(C)(C)OCCC(C)(C)OC(C)(C)C(C)(C)S)C(C)(C)C(C)(C)C. The molecule has 0 aromatic rings. The number of rotatable bonds is 10. The largest absolute Gasteiger partial charge is 0.375 e. The number of ether oxygens (including phenoxy) is 2. The Balaban J connectivity index is 4.79. The lowest BCUT2D eigenvalue weighted by Gasteiger charge is -2.46. The zero-order chi connectivity index (χ0) is 22.1.